The largest absolute Gasteiger partial charge is 0.300 e. The highest BCUT2D eigenvalue weighted by Gasteiger charge is 2.32. The van der Waals surface area contributed by atoms with Gasteiger partial charge in [-0.2, -0.15) is 0 Å². The number of benzene rings is 2. The van der Waals surface area contributed by atoms with Crippen LogP contribution in [0.5, 0.6) is 0 Å². The lowest BCUT2D eigenvalue weighted by molar-refractivity contribution is -0.129. The van der Waals surface area contributed by atoms with Crippen molar-refractivity contribution < 1.29 is 14.4 Å². The van der Waals surface area contributed by atoms with E-state index in [9.17, 15) is 14.4 Å². The van der Waals surface area contributed by atoms with Crippen molar-refractivity contribution in [3.05, 3.63) is 69.8 Å². The molecular formula is C35H52O3. The highest BCUT2D eigenvalue weighted by atomic mass is 16.1. The van der Waals surface area contributed by atoms with Crippen LogP contribution in [0.3, 0.4) is 0 Å². The van der Waals surface area contributed by atoms with Crippen molar-refractivity contribution in [1.29, 1.82) is 0 Å². The molecule has 210 valence electrons. The Labute approximate surface area is 232 Å². The molecule has 0 bridgehead atoms. The third-order valence-electron chi connectivity index (χ3n) is 7.13. The average Bonchev–Trinajstić information content (AvgIpc) is 2.79. The van der Waals surface area contributed by atoms with Gasteiger partial charge in [-0.1, -0.05) is 100 Å². The Balaban J connectivity index is 0.000000497. The molecule has 3 nitrogen and oxygen atoms in total. The molecule has 0 saturated carbocycles. The van der Waals surface area contributed by atoms with Crippen LogP contribution in [0, 0.1) is 45.4 Å². The molecule has 1 aliphatic carbocycles. The van der Waals surface area contributed by atoms with E-state index in [1.807, 2.05) is 26.0 Å². The van der Waals surface area contributed by atoms with E-state index in [4.69, 9.17) is 0 Å². The fraction of sp³-hybridized carbons (Fsp3) is 0.571. The first-order chi connectivity index (χ1) is 18.0. The van der Waals surface area contributed by atoms with Gasteiger partial charge in [-0.15, -0.1) is 0 Å². The summed E-state index contributed by atoms with van der Waals surface area (Å²) in [6.07, 6.45) is 6.46. The lowest BCUT2D eigenvalue weighted by Gasteiger charge is -2.31. The van der Waals surface area contributed by atoms with E-state index in [1.165, 1.54) is 30.0 Å². The standard InChI is InChI=1S/C23H32O3.C9H12.C3H8/c1-5-8-18(20(6-2)21(25)11-16(4)24)12-17-13-19-10-7-9-15(3)23(19)22(26)14-17;1-7-4-8(2)6-9(3)5-7;1-3-2/h7,9-10,17-18,20H,5-6,8,11-14H2,1-4H3;4-6H,1-3H3;3H2,1-2H3. The summed E-state index contributed by atoms with van der Waals surface area (Å²) in [7, 11) is 0. The number of rotatable bonds is 9. The summed E-state index contributed by atoms with van der Waals surface area (Å²) >= 11 is 0. The van der Waals surface area contributed by atoms with Gasteiger partial charge in [-0.05, 0) is 76.8 Å². The Hall–Kier alpha value is -2.55. The second-order valence-corrected chi connectivity index (χ2v) is 11.3. The van der Waals surface area contributed by atoms with Crippen molar-refractivity contribution in [2.24, 2.45) is 17.8 Å². The molecule has 2 aromatic rings. The van der Waals surface area contributed by atoms with Gasteiger partial charge in [0, 0.05) is 17.9 Å². The molecule has 0 fully saturated rings. The lowest BCUT2D eigenvalue weighted by Crippen LogP contribution is -2.29. The van der Waals surface area contributed by atoms with Crippen LogP contribution in [0.15, 0.2) is 36.4 Å². The quantitative estimate of drug-likeness (QED) is 0.310. The zero-order chi connectivity index (χ0) is 28.8. The summed E-state index contributed by atoms with van der Waals surface area (Å²) in [4.78, 5) is 36.6. The van der Waals surface area contributed by atoms with Crippen molar-refractivity contribution in [2.75, 3.05) is 0 Å². The molecule has 3 heteroatoms. The maximum absolute atomic E-state index is 12.7. The molecule has 2 aromatic carbocycles. The van der Waals surface area contributed by atoms with Crippen LogP contribution in [0.4, 0.5) is 0 Å². The number of Topliss-reactive ketones (excluding diaryl/α,β-unsaturated/α-hetero) is 3. The van der Waals surface area contributed by atoms with Crippen LogP contribution in [-0.2, 0) is 16.0 Å². The minimum absolute atomic E-state index is 0.0460. The second-order valence-electron chi connectivity index (χ2n) is 11.3. The molecule has 38 heavy (non-hydrogen) atoms. The molecule has 0 amide bonds. The second kappa shape index (κ2) is 17.1. The fourth-order valence-electron chi connectivity index (χ4n) is 5.90. The third kappa shape index (κ3) is 11.1. The Morgan fingerprint density at radius 3 is 1.92 bits per heavy atom. The molecule has 1 aliphatic rings. The molecule has 3 atom stereocenters. The molecule has 3 unspecified atom stereocenters. The minimum atomic E-state index is -0.0622. The summed E-state index contributed by atoms with van der Waals surface area (Å²) in [6, 6.07) is 12.7. The normalized spacial score (nSPS) is 15.7. The van der Waals surface area contributed by atoms with E-state index < -0.39 is 0 Å². The van der Waals surface area contributed by atoms with Gasteiger partial charge >= 0.3 is 0 Å². The molecule has 0 spiro atoms. The first-order valence-electron chi connectivity index (χ1n) is 14.7. The van der Waals surface area contributed by atoms with Crippen molar-refractivity contribution in [2.45, 2.75) is 114 Å². The molecule has 0 aromatic heterocycles. The van der Waals surface area contributed by atoms with E-state index in [1.54, 1.807) is 0 Å². The van der Waals surface area contributed by atoms with E-state index in [0.29, 0.717) is 12.3 Å². The van der Waals surface area contributed by atoms with Crippen molar-refractivity contribution in [3.63, 3.8) is 0 Å². The Kier molecular flexibility index (Phi) is 15.1. The van der Waals surface area contributed by atoms with Crippen molar-refractivity contribution in [1.82, 2.24) is 0 Å². The van der Waals surface area contributed by atoms with Crippen LogP contribution >= 0.6 is 0 Å². The van der Waals surface area contributed by atoms with Gasteiger partial charge in [0.25, 0.3) is 0 Å². The smallest absolute Gasteiger partial charge is 0.163 e. The number of aryl methyl sites for hydroxylation is 4. The van der Waals surface area contributed by atoms with Gasteiger partial charge in [0.05, 0.1) is 6.42 Å². The molecule has 0 heterocycles. The van der Waals surface area contributed by atoms with Crippen LogP contribution < -0.4 is 0 Å². The van der Waals surface area contributed by atoms with E-state index >= 15 is 0 Å². The Morgan fingerprint density at radius 2 is 1.45 bits per heavy atom. The predicted octanol–water partition coefficient (Wildman–Crippen LogP) is 9.15. The van der Waals surface area contributed by atoms with E-state index in [2.05, 4.69) is 65.8 Å². The van der Waals surface area contributed by atoms with Gasteiger partial charge in [-0.25, -0.2) is 0 Å². The zero-order valence-electron chi connectivity index (χ0n) is 25.6. The van der Waals surface area contributed by atoms with Crippen LogP contribution in [0.2, 0.25) is 0 Å². The number of hydrogen-bond donors (Lipinski definition) is 0. The average molecular weight is 521 g/mol. The van der Waals surface area contributed by atoms with Crippen molar-refractivity contribution >= 4 is 17.3 Å². The molecule has 0 saturated heterocycles. The third-order valence-corrected chi connectivity index (χ3v) is 7.13. The van der Waals surface area contributed by atoms with Gasteiger partial charge < -0.3 is 0 Å². The first kappa shape index (κ1) is 33.5. The number of carbonyl (C=O) groups is 3. The van der Waals surface area contributed by atoms with E-state index in [0.717, 1.165) is 48.8 Å². The number of ketones is 3. The number of hydrogen-bond acceptors (Lipinski definition) is 3. The minimum Gasteiger partial charge on any atom is -0.300 e. The van der Waals surface area contributed by atoms with Gasteiger partial charge in [0.15, 0.2) is 5.78 Å². The number of fused-ring (bicyclic) bond motifs is 1. The van der Waals surface area contributed by atoms with Gasteiger partial charge in [0.1, 0.15) is 11.6 Å². The lowest BCUT2D eigenvalue weighted by atomic mass is 9.72. The first-order valence-corrected chi connectivity index (χ1v) is 14.7. The molecule has 3 rings (SSSR count). The maximum Gasteiger partial charge on any atom is 0.163 e. The molecule has 0 aliphatic heterocycles. The summed E-state index contributed by atoms with van der Waals surface area (Å²) in [5.41, 5.74) is 7.20. The molecule has 0 N–H and O–H groups in total. The maximum atomic E-state index is 12.7. The summed E-state index contributed by atoms with van der Waals surface area (Å²) in [5, 5.41) is 0. The topological polar surface area (TPSA) is 51.2 Å². The monoisotopic (exact) mass is 520 g/mol. The fourth-order valence-corrected chi connectivity index (χ4v) is 5.90. The molecule has 0 radical (unpaired) electrons. The van der Waals surface area contributed by atoms with E-state index in [-0.39, 0.29) is 35.6 Å². The summed E-state index contributed by atoms with van der Waals surface area (Å²) < 4.78 is 0. The number of carbonyl (C=O) groups excluding carboxylic acids is 3. The highest BCUT2D eigenvalue weighted by Crippen LogP contribution is 2.36. The Morgan fingerprint density at radius 1 is 0.895 bits per heavy atom. The molecular weight excluding hydrogens is 468 g/mol. The SMILES string of the molecule is CCC.CCCC(CC1CC(=O)c2c(C)cccc2C1)C(CC)C(=O)CC(C)=O.Cc1cc(C)cc(C)c1. The zero-order valence-corrected chi connectivity index (χ0v) is 25.6. The van der Waals surface area contributed by atoms with Crippen molar-refractivity contribution in [3.8, 4) is 0 Å². The highest BCUT2D eigenvalue weighted by molar-refractivity contribution is 6.00. The predicted molar refractivity (Wildman–Crippen MR) is 161 cm³/mol. The van der Waals surface area contributed by atoms with Gasteiger partial charge in [-0.3, -0.25) is 14.4 Å². The summed E-state index contributed by atoms with van der Waals surface area (Å²) in [5.74, 6) is 0.770. The Bertz CT molecular complexity index is 999. The van der Waals surface area contributed by atoms with Crippen LogP contribution in [-0.4, -0.2) is 17.3 Å². The van der Waals surface area contributed by atoms with Crippen LogP contribution in [0.1, 0.15) is 118 Å². The van der Waals surface area contributed by atoms with Crippen LogP contribution in [0.25, 0.3) is 0 Å². The summed E-state index contributed by atoms with van der Waals surface area (Å²) in [6.45, 7) is 18.3. The van der Waals surface area contributed by atoms with Gasteiger partial charge in [0.2, 0.25) is 0 Å².